The second kappa shape index (κ2) is 6.93. The lowest BCUT2D eigenvalue weighted by Crippen LogP contribution is -2.34. The Morgan fingerprint density at radius 3 is 2.62 bits per heavy atom. The summed E-state index contributed by atoms with van der Waals surface area (Å²) in [5.41, 5.74) is 0.482. The van der Waals surface area contributed by atoms with Gasteiger partial charge in [-0.15, -0.1) is 11.3 Å². The largest absolute Gasteiger partial charge is 0.550 e. The summed E-state index contributed by atoms with van der Waals surface area (Å²) < 4.78 is 0. The van der Waals surface area contributed by atoms with Gasteiger partial charge in [0.2, 0.25) is 0 Å². The van der Waals surface area contributed by atoms with Gasteiger partial charge in [0.25, 0.3) is 5.91 Å². The molecule has 7 heteroatoms. The highest BCUT2D eigenvalue weighted by atomic mass is 35.5. The van der Waals surface area contributed by atoms with Crippen molar-refractivity contribution in [1.29, 1.82) is 0 Å². The predicted molar refractivity (Wildman–Crippen MR) is 80.6 cm³/mol. The Kier molecular flexibility index (Phi) is 5.22. The smallest absolute Gasteiger partial charge is 0.261 e. The zero-order valence-electron chi connectivity index (χ0n) is 10.6. The Morgan fingerprint density at radius 1 is 1.29 bits per heavy atom. The zero-order valence-corrected chi connectivity index (χ0v) is 13.0. The molecule has 0 aliphatic carbocycles. The van der Waals surface area contributed by atoms with Crippen molar-refractivity contribution in [2.24, 2.45) is 0 Å². The fourth-order valence-electron chi connectivity index (χ4n) is 1.83. The number of carboxylic acids is 1. The minimum absolute atomic E-state index is 0.292. The van der Waals surface area contributed by atoms with Crippen molar-refractivity contribution < 1.29 is 14.7 Å². The molecule has 1 N–H and O–H groups in total. The van der Waals surface area contributed by atoms with Crippen molar-refractivity contribution >= 4 is 46.4 Å². The molecule has 110 valence electrons. The van der Waals surface area contributed by atoms with Crippen molar-refractivity contribution in [2.45, 2.75) is 12.5 Å². The standard InChI is InChI=1S/C14H11Cl2NO3S/c15-8-3-4-9(10(16)6-8)11(7-13(18)19)17-14(20)12-2-1-5-21-12/h1-6,11H,7H2,(H,17,20)(H,18,19)/p-1/t11-/m1/s1. The number of rotatable bonds is 5. The SMILES string of the molecule is O=C([O-])C[C@@H](NC(=O)c1cccs1)c1ccc(Cl)cc1Cl. The molecule has 1 aromatic heterocycles. The molecule has 21 heavy (non-hydrogen) atoms. The number of thiophene rings is 1. The predicted octanol–water partition coefficient (Wildman–Crippen LogP) is 2.67. The number of carboxylic acid groups (broad SMARTS) is 1. The van der Waals surface area contributed by atoms with Gasteiger partial charge in [-0.3, -0.25) is 4.79 Å². The van der Waals surface area contributed by atoms with E-state index in [-0.39, 0.29) is 12.3 Å². The fraction of sp³-hybridized carbons (Fsp3) is 0.143. The minimum Gasteiger partial charge on any atom is -0.550 e. The lowest BCUT2D eigenvalue weighted by Gasteiger charge is -2.20. The van der Waals surface area contributed by atoms with Gasteiger partial charge in [-0.25, -0.2) is 0 Å². The second-order valence-corrected chi connectivity index (χ2v) is 6.04. The van der Waals surface area contributed by atoms with Gasteiger partial charge in [-0.2, -0.15) is 0 Å². The first-order chi connectivity index (χ1) is 9.97. The molecule has 0 spiro atoms. The molecule has 0 fully saturated rings. The highest BCUT2D eigenvalue weighted by Gasteiger charge is 2.19. The Hall–Kier alpha value is -1.56. The molecule has 1 atom stereocenters. The zero-order chi connectivity index (χ0) is 15.4. The molecule has 0 aliphatic heterocycles. The van der Waals surface area contributed by atoms with E-state index in [2.05, 4.69) is 5.32 Å². The maximum atomic E-state index is 12.1. The topological polar surface area (TPSA) is 69.2 Å². The monoisotopic (exact) mass is 342 g/mol. The minimum atomic E-state index is -1.28. The van der Waals surface area contributed by atoms with Crippen LogP contribution in [0.5, 0.6) is 0 Å². The molecule has 2 aromatic rings. The van der Waals surface area contributed by atoms with E-state index in [0.29, 0.717) is 20.5 Å². The van der Waals surface area contributed by atoms with Gasteiger partial charge in [0.05, 0.1) is 10.9 Å². The third-order valence-corrected chi connectivity index (χ3v) is 4.19. The summed E-state index contributed by atoms with van der Waals surface area (Å²) in [7, 11) is 0. The van der Waals surface area contributed by atoms with Crippen LogP contribution in [-0.2, 0) is 4.79 Å². The molecule has 1 heterocycles. The maximum Gasteiger partial charge on any atom is 0.261 e. The summed E-state index contributed by atoms with van der Waals surface area (Å²) in [6.45, 7) is 0. The van der Waals surface area contributed by atoms with Crippen LogP contribution in [0.1, 0.15) is 27.7 Å². The van der Waals surface area contributed by atoms with E-state index in [4.69, 9.17) is 23.2 Å². The summed E-state index contributed by atoms with van der Waals surface area (Å²) in [6.07, 6.45) is -0.377. The van der Waals surface area contributed by atoms with Crippen molar-refractivity contribution in [1.82, 2.24) is 5.32 Å². The van der Waals surface area contributed by atoms with Gasteiger partial charge < -0.3 is 15.2 Å². The molecule has 0 aliphatic rings. The van der Waals surface area contributed by atoms with E-state index in [1.807, 2.05) is 0 Å². The normalized spacial score (nSPS) is 11.9. The first kappa shape index (κ1) is 15.8. The number of nitrogens with one attached hydrogen (secondary N) is 1. The van der Waals surface area contributed by atoms with Crippen LogP contribution < -0.4 is 10.4 Å². The van der Waals surface area contributed by atoms with E-state index in [9.17, 15) is 14.7 Å². The average Bonchev–Trinajstić information content (AvgIpc) is 2.91. The number of hydrogen-bond donors (Lipinski definition) is 1. The van der Waals surface area contributed by atoms with E-state index < -0.39 is 12.0 Å². The van der Waals surface area contributed by atoms with Gasteiger partial charge in [0, 0.05) is 22.4 Å². The molecule has 0 radical (unpaired) electrons. The lowest BCUT2D eigenvalue weighted by molar-refractivity contribution is -0.306. The highest BCUT2D eigenvalue weighted by molar-refractivity contribution is 7.12. The Balaban J connectivity index is 2.25. The maximum absolute atomic E-state index is 12.1. The fourth-order valence-corrected chi connectivity index (χ4v) is 2.99. The molecule has 0 bridgehead atoms. The summed E-state index contributed by atoms with van der Waals surface area (Å²) in [4.78, 5) is 23.5. The van der Waals surface area contributed by atoms with Crippen molar-refractivity contribution in [3.8, 4) is 0 Å². The molecule has 1 aromatic carbocycles. The molecular formula is C14H10Cl2NO3S-. The van der Waals surface area contributed by atoms with E-state index in [1.165, 1.54) is 17.4 Å². The first-order valence-electron chi connectivity index (χ1n) is 5.96. The van der Waals surface area contributed by atoms with Crippen molar-refractivity contribution in [3.63, 3.8) is 0 Å². The van der Waals surface area contributed by atoms with Crippen LogP contribution in [0.25, 0.3) is 0 Å². The molecule has 4 nitrogen and oxygen atoms in total. The van der Waals surface area contributed by atoms with E-state index in [1.54, 1.807) is 29.6 Å². The van der Waals surface area contributed by atoms with Crippen LogP contribution in [0, 0.1) is 0 Å². The quantitative estimate of drug-likeness (QED) is 0.907. The van der Waals surface area contributed by atoms with E-state index >= 15 is 0 Å². The number of amides is 1. The number of benzene rings is 1. The van der Waals surface area contributed by atoms with Gasteiger partial charge in [-0.1, -0.05) is 35.3 Å². The van der Waals surface area contributed by atoms with E-state index in [0.717, 1.165) is 0 Å². The number of aliphatic carboxylic acids is 1. The van der Waals surface area contributed by atoms with Crippen LogP contribution in [0.2, 0.25) is 10.0 Å². The molecule has 0 unspecified atom stereocenters. The van der Waals surface area contributed by atoms with Gasteiger partial charge >= 0.3 is 0 Å². The van der Waals surface area contributed by atoms with Gasteiger partial charge in [-0.05, 0) is 29.1 Å². The van der Waals surface area contributed by atoms with Crippen LogP contribution in [0.15, 0.2) is 35.7 Å². The number of hydrogen-bond acceptors (Lipinski definition) is 4. The third kappa shape index (κ3) is 4.20. The Morgan fingerprint density at radius 2 is 2.05 bits per heavy atom. The summed E-state index contributed by atoms with van der Waals surface area (Å²) in [5.74, 6) is -1.64. The van der Waals surface area contributed by atoms with Crippen LogP contribution in [-0.4, -0.2) is 11.9 Å². The number of carbonyl (C=O) groups excluding carboxylic acids is 2. The number of halogens is 2. The molecular weight excluding hydrogens is 333 g/mol. The summed E-state index contributed by atoms with van der Waals surface area (Å²) in [5, 5.41) is 16.0. The highest BCUT2D eigenvalue weighted by Crippen LogP contribution is 2.28. The third-order valence-electron chi connectivity index (χ3n) is 2.76. The van der Waals surface area contributed by atoms with Gasteiger partial charge in [0.15, 0.2) is 0 Å². The Labute approximate surface area is 135 Å². The average molecular weight is 343 g/mol. The molecule has 1 amide bonds. The van der Waals surface area contributed by atoms with Crippen LogP contribution in [0.3, 0.4) is 0 Å². The summed E-state index contributed by atoms with van der Waals surface area (Å²) >= 11 is 13.1. The van der Waals surface area contributed by atoms with Gasteiger partial charge in [0.1, 0.15) is 0 Å². The van der Waals surface area contributed by atoms with Crippen molar-refractivity contribution in [3.05, 3.63) is 56.2 Å². The first-order valence-corrected chi connectivity index (χ1v) is 7.60. The van der Waals surface area contributed by atoms with Crippen LogP contribution in [0.4, 0.5) is 0 Å². The lowest BCUT2D eigenvalue weighted by atomic mass is 10.0. The molecule has 2 rings (SSSR count). The van der Waals surface area contributed by atoms with Crippen molar-refractivity contribution in [2.75, 3.05) is 0 Å². The molecule has 0 saturated carbocycles. The summed E-state index contributed by atoms with van der Waals surface area (Å²) in [6, 6.07) is 7.28. The second-order valence-electron chi connectivity index (χ2n) is 4.25. The van der Waals surface area contributed by atoms with Crippen LogP contribution >= 0.6 is 34.5 Å². The molecule has 0 saturated heterocycles. The number of carbonyl (C=O) groups is 2. The Bertz CT molecular complexity index is 658.